The quantitative estimate of drug-likeness (QED) is 0.209. The van der Waals surface area contributed by atoms with Crippen molar-refractivity contribution in [3.63, 3.8) is 0 Å². The fourth-order valence-electron chi connectivity index (χ4n) is 3.17. The van der Waals surface area contributed by atoms with Gasteiger partial charge in [-0.1, -0.05) is 136 Å². The van der Waals surface area contributed by atoms with E-state index in [9.17, 15) is 0 Å². The van der Waals surface area contributed by atoms with E-state index in [4.69, 9.17) is 0 Å². The van der Waals surface area contributed by atoms with Crippen LogP contribution in [0.2, 0.25) is 0 Å². The molecular weight excluding hydrogens is 264 g/mol. The van der Waals surface area contributed by atoms with E-state index in [1.165, 1.54) is 122 Å². The molecule has 0 N–H and O–H groups in total. The molecule has 0 heteroatoms. The molecule has 0 bridgehead atoms. The van der Waals surface area contributed by atoms with Crippen LogP contribution in [0, 0.1) is 6.42 Å². The third-order valence-electron chi connectivity index (χ3n) is 4.77. The molecule has 0 aromatic carbocycles. The largest absolute Gasteiger partial charge is 0.0654 e. The minimum atomic E-state index is 1.37. The molecule has 0 heterocycles. The highest BCUT2D eigenvalue weighted by Gasteiger charge is 1.95. The minimum Gasteiger partial charge on any atom is -0.0654 e. The second-order valence-corrected chi connectivity index (χ2v) is 7.17. The Morgan fingerprint density at radius 1 is 0.364 bits per heavy atom. The Hall–Kier alpha value is 0. The highest BCUT2D eigenvalue weighted by atomic mass is 14.0. The van der Waals surface area contributed by atoms with Crippen LogP contribution in [0.25, 0.3) is 0 Å². The summed E-state index contributed by atoms with van der Waals surface area (Å²) in [5.74, 6) is 0. The lowest BCUT2D eigenvalue weighted by Crippen LogP contribution is -1.84. The molecule has 133 valence electrons. The van der Waals surface area contributed by atoms with Gasteiger partial charge in [-0.2, -0.15) is 0 Å². The molecule has 1 radical (unpaired) electrons. The van der Waals surface area contributed by atoms with Crippen LogP contribution in [0.1, 0.15) is 136 Å². The summed E-state index contributed by atoms with van der Waals surface area (Å²) in [7, 11) is 0. The van der Waals surface area contributed by atoms with Crippen LogP contribution in [-0.4, -0.2) is 0 Å². The lowest BCUT2D eigenvalue weighted by molar-refractivity contribution is 0.554. The molecular formula is C22H45. The summed E-state index contributed by atoms with van der Waals surface area (Å²) in [6.45, 7) is 4.59. The smallest absolute Gasteiger partial charge is 0.0386 e. The van der Waals surface area contributed by atoms with E-state index in [0.29, 0.717) is 0 Å². The summed E-state index contributed by atoms with van der Waals surface area (Å²) < 4.78 is 0. The highest BCUT2D eigenvalue weighted by Crippen LogP contribution is 2.14. The Bertz CT molecular complexity index is 153. The first kappa shape index (κ1) is 22.0. The predicted molar refractivity (Wildman–Crippen MR) is 103 cm³/mol. The molecule has 0 spiro atoms. The van der Waals surface area contributed by atoms with Gasteiger partial charge < -0.3 is 0 Å². The first-order valence-corrected chi connectivity index (χ1v) is 10.7. The first-order valence-electron chi connectivity index (χ1n) is 10.7. The Kier molecular flexibility index (Phi) is 21.0. The molecule has 0 saturated heterocycles. The number of hydrogen-bond donors (Lipinski definition) is 0. The standard InChI is InChI=1S/C22H45/c1-3-5-7-9-11-13-15-17-19-21-22-20-18-16-14-12-10-8-6-4-2/h21H,3-20,22H2,1-2H3. The normalized spacial score (nSPS) is 11.2. The molecule has 0 unspecified atom stereocenters. The molecule has 0 atom stereocenters. The first-order chi connectivity index (χ1) is 10.9. The van der Waals surface area contributed by atoms with Crippen molar-refractivity contribution in [2.45, 2.75) is 136 Å². The Morgan fingerprint density at radius 3 is 0.955 bits per heavy atom. The van der Waals surface area contributed by atoms with Gasteiger partial charge in [-0.25, -0.2) is 0 Å². The monoisotopic (exact) mass is 309 g/mol. The lowest BCUT2D eigenvalue weighted by atomic mass is 10.0. The second-order valence-electron chi connectivity index (χ2n) is 7.17. The molecule has 0 aliphatic rings. The van der Waals surface area contributed by atoms with Gasteiger partial charge >= 0.3 is 0 Å². The number of unbranched alkanes of at least 4 members (excludes halogenated alkanes) is 19. The average molecular weight is 310 g/mol. The number of hydrogen-bond acceptors (Lipinski definition) is 0. The van der Waals surface area contributed by atoms with Gasteiger partial charge in [-0.15, -0.1) is 0 Å². The molecule has 0 amide bonds. The topological polar surface area (TPSA) is 0 Å². The van der Waals surface area contributed by atoms with Crippen molar-refractivity contribution in [1.29, 1.82) is 0 Å². The van der Waals surface area contributed by atoms with Crippen LogP contribution in [0.5, 0.6) is 0 Å². The molecule has 0 saturated carbocycles. The number of rotatable bonds is 19. The summed E-state index contributed by atoms with van der Waals surface area (Å²) in [5.41, 5.74) is 0. The van der Waals surface area contributed by atoms with Crippen molar-refractivity contribution < 1.29 is 0 Å². The summed E-state index contributed by atoms with van der Waals surface area (Å²) in [4.78, 5) is 0. The molecule has 0 rings (SSSR count). The third kappa shape index (κ3) is 20.0. The third-order valence-corrected chi connectivity index (χ3v) is 4.77. The molecule has 0 aromatic heterocycles. The van der Waals surface area contributed by atoms with Crippen LogP contribution < -0.4 is 0 Å². The van der Waals surface area contributed by atoms with Crippen molar-refractivity contribution in [1.82, 2.24) is 0 Å². The van der Waals surface area contributed by atoms with E-state index >= 15 is 0 Å². The van der Waals surface area contributed by atoms with Gasteiger partial charge in [-0.3, -0.25) is 0 Å². The zero-order chi connectivity index (χ0) is 16.1. The van der Waals surface area contributed by atoms with Gasteiger partial charge in [0.1, 0.15) is 0 Å². The van der Waals surface area contributed by atoms with Gasteiger partial charge in [0.25, 0.3) is 0 Å². The maximum Gasteiger partial charge on any atom is -0.0386 e. The van der Waals surface area contributed by atoms with Crippen molar-refractivity contribution in [2.75, 3.05) is 0 Å². The van der Waals surface area contributed by atoms with Crippen molar-refractivity contribution in [2.24, 2.45) is 0 Å². The SMILES string of the molecule is CCCCCCCCCC[CH]CCCCCCCCCCC. The minimum absolute atomic E-state index is 1.37. The zero-order valence-electron chi connectivity index (χ0n) is 16.0. The van der Waals surface area contributed by atoms with Gasteiger partial charge in [0.2, 0.25) is 0 Å². The molecule has 0 aliphatic carbocycles. The molecule has 0 aliphatic heterocycles. The Balaban J connectivity index is 2.91. The van der Waals surface area contributed by atoms with E-state index in [1.807, 2.05) is 0 Å². The van der Waals surface area contributed by atoms with E-state index < -0.39 is 0 Å². The summed E-state index contributed by atoms with van der Waals surface area (Å²) >= 11 is 0. The van der Waals surface area contributed by atoms with E-state index in [2.05, 4.69) is 20.3 Å². The Labute approximate surface area is 142 Å². The van der Waals surface area contributed by atoms with Crippen LogP contribution in [0.4, 0.5) is 0 Å². The van der Waals surface area contributed by atoms with Crippen molar-refractivity contribution >= 4 is 0 Å². The maximum absolute atomic E-state index is 2.55. The van der Waals surface area contributed by atoms with Gasteiger partial charge in [0.15, 0.2) is 0 Å². The van der Waals surface area contributed by atoms with E-state index in [-0.39, 0.29) is 0 Å². The van der Waals surface area contributed by atoms with E-state index in [1.54, 1.807) is 0 Å². The van der Waals surface area contributed by atoms with Crippen LogP contribution >= 0.6 is 0 Å². The zero-order valence-corrected chi connectivity index (χ0v) is 16.0. The van der Waals surface area contributed by atoms with Gasteiger partial charge in [0, 0.05) is 0 Å². The maximum atomic E-state index is 2.55. The van der Waals surface area contributed by atoms with Gasteiger partial charge in [0.05, 0.1) is 0 Å². The fourth-order valence-corrected chi connectivity index (χ4v) is 3.17. The molecule has 0 aromatic rings. The van der Waals surface area contributed by atoms with Crippen LogP contribution in [0.15, 0.2) is 0 Å². The Morgan fingerprint density at radius 2 is 0.636 bits per heavy atom. The molecule has 0 nitrogen and oxygen atoms in total. The molecule has 22 heavy (non-hydrogen) atoms. The fraction of sp³-hybridized carbons (Fsp3) is 0.955. The van der Waals surface area contributed by atoms with Gasteiger partial charge in [-0.05, 0) is 6.42 Å². The van der Waals surface area contributed by atoms with E-state index in [0.717, 1.165) is 0 Å². The van der Waals surface area contributed by atoms with Crippen LogP contribution in [0.3, 0.4) is 0 Å². The average Bonchev–Trinajstić information content (AvgIpc) is 2.54. The van der Waals surface area contributed by atoms with Crippen molar-refractivity contribution in [3.8, 4) is 0 Å². The lowest BCUT2D eigenvalue weighted by Gasteiger charge is -2.03. The summed E-state index contributed by atoms with van der Waals surface area (Å²) in [5, 5.41) is 0. The predicted octanol–water partition coefficient (Wildman–Crippen LogP) is 8.64. The highest BCUT2D eigenvalue weighted by molar-refractivity contribution is 4.64. The summed E-state index contributed by atoms with van der Waals surface area (Å²) in [6.07, 6.45) is 29.9. The van der Waals surface area contributed by atoms with Crippen molar-refractivity contribution in [3.05, 3.63) is 6.42 Å². The summed E-state index contributed by atoms with van der Waals surface area (Å²) in [6, 6.07) is 0. The second kappa shape index (κ2) is 21.0. The molecule has 0 fully saturated rings. The van der Waals surface area contributed by atoms with Crippen LogP contribution in [-0.2, 0) is 0 Å².